The lowest BCUT2D eigenvalue weighted by Gasteiger charge is -2.34. The van der Waals surface area contributed by atoms with E-state index < -0.39 is 34.3 Å². The van der Waals surface area contributed by atoms with Crippen molar-refractivity contribution in [2.45, 2.75) is 55.6 Å². The second-order valence-corrected chi connectivity index (χ2v) is 13.6. The molecule has 48 heavy (non-hydrogen) atoms. The van der Waals surface area contributed by atoms with Crippen LogP contribution in [-0.4, -0.2) is 58.0 Å². The van der Waals surface area contributed by atoms with Crippen molar-refractivity contribution in [1.82, 2.24) is 10.2 Å². The van der Waals surface area contributed by atoms with Gasteiger partial charge >= 0.3 is 0 Å². The number of anilines is 1. The van der Waals surface area contributed by atoms with E-state index in [9.17, 15) is 22.4 Å². The number of hydrogen-bond acceptors (Lipinski definition) is 6. The van der Waals surface area contributed by atoms with Crippen LogP contribution in [0, 0.1) is 5.82 Å². The van der Waals surface area contributed by atoms with Crippen LogP contribution in [0.25, 0.3) is 0 Å². The maximum atomic E-state index is 14.6. The number of rotatable bonds is 14. The molecule has 5 rings (SSSR count). The predicted molar refractivity (Wildman–Crippen MR) is 182 cm³/mol. The number of halogens is 1. The fourth-order valence-corrected chi connectivity index (χ4v) is 7.31. The number of amides is 2. The highest BCUT2D eigenvalue weighted by Gasteiger charge is 2.35. The molecule has 1 aliphatic rings. The highest BCUT2D eigenvalue weighted by molar-refractivity contribution is 7.92. The van der Waals surface area contributed by atoms with Crippen molar-refractivity contribution >= 4 is 27.5 Å². The van der Waals surface area contributed by atoms with Gasteiger partial charge in [0.05, 0.1) is 24.8 Å². The molecule has 0 saturated heterocycles. The normalized spacial score (nSPS) is 13.8. The molecule has 4 aromatic carbocycles. The monoisotopic (exact) mass is 673 g/mol. The Morgan fingerprint density at radius 1 is 0.833 bits per heavy atom. The maximum Gasteiger partial charge on any atom is 0.264 e. The van der Waals surface area contributed by atoms with Gasteiger partial charge in [0.2, 0.25) is 11.8 Å². The van der Waals surface area contributed by atoms with Crippen LogP contribution in [0.3, 0.4) is 0 Å². The molecule has 1 atom stereocenters. The highest BCUT2D eigenvalue weighted by Crippen LogP contribution is 2.27. The first-order valence-electron chi connectivity index (χ1n) is 15.9. The number of nitrogens with one attached hydrogen (secondary N) is 1. The summed E-state index contributed by atoms with van der Waals surface area (Å²) in [4.78, 5) is 30.1. The summed E-state index contributed by atoms with van der Waals surface area (Å²) >= 11 is 0. The third kappa shape index (κ3) is 8.51. The largest absolute Gasteiger partial charge is 0.497 e. The SMILES string of the molecule is COc1ccc(S(=O)(=O)N(CC(=O)N(Cc2cccc(OC)c2)[C@@H](Cc2ccccc2)C(=O)NC2CCCC2)c2ccc(F)cc2)cc1. The van der Waals surface area contributed by atoms with E-state index >= 15 is 0 Å². The van der Waals surface area contributed by atoms with Gasteiger partial charge in [-0.05, 0) is 84.6 Å². The third-order valence-corrected chi connectivity index (χ3v) is 10.3. The zero-order valence-corrected chi connectivity index (χ0v) is 27.9. The lowest BCUT2D eigenvalue weighted by molar-refractivity contribution is -0.140. The Balaban J connectivity index is 1.57. The molecule has 2 amide bonds. The Morgan fingerprint density at radius 3 is 2.12 bits per heavy atom. The van der Waals surface area contributed by atoms with E-state index in [0.29, 0.717) is 17.1 Å². The molecule has 0 bridgehead atoms. The second-order valence-electron chi connectivity index (χ2n) is 11.7. The number of benzene rings is 4. The van der Waals surface area contributed by atoms with Crippen molar-refractivity contribution in [3.05, 3.63) is 120 Å². The molecule has 0 aromatic heterocycles. The van der Waals surface area contributed by atoms with Crippen molar-refractivity contribution in [3.8, 4) is 11.5 Å². The Labute approximate surface area is 281 Å². The summed E-state index contributed by atoms with van der Waals surface area (Å²) in [5, 5.41) is 3.16. The van der Waals surface area contributed by atoms with Gasteiger partial charge < -0.3 is 19.7 Å². The molecule has 0 aliphatic heterocycles. The van der Waals surface area contributed by atoms with Gasteiger partial charge in [0, 0.05) is 19.0 Å². The van der Waals surface area contributed by atoms with Crippen LogP contribution in [0.1, 0.15) is 36.8 Å². The number of ether oxygens (including phenoxy) is 2. The summed E-state index contributed by atoms with van der Waals surface area (Å²) in [5.41, 5.74) is 1.63. The van der Waals surface area contributed by atoms with Crippen molar-refractivity contribution in [3.63, 3.8) is 0 Å². The van der Waals surface area contributed by atoms with E-state index in [1.807, 2.05) is 36.4 Å². The van der Waals surface area contributed by atoms with Gasteiger partial charge in [0.1, 0.15) is 29.9 Å². The number of hydrogen-bond donors (Lipinski definition) is 1. The van der Waals surface area contributed by atoms with Crippen LogP contribution < -0.4 is 19.1 Å². The van der Waals surface area contributed by atoms with E-state index in [4.69, 9.17) is 9.47 Å². The first-order valence-corrected chi connectivity index (χ1v) is 17.3. The van der Waals surface area contributed by atoms with Gasteiger partial charge in [-0.1, -0.05) is 55.3 Å². The lowest BCUT2D eigenvalue weighted by atomic mass is 10.0. The molecule has 0 radical (unpaired) electrons. The number of carbonyl (C=O) groups excluding carboxylic acids is 2. The zero-order chi connectivity index (χ0) is 34.1. The first-order chi connectivity index (χ1) is 23.2. The van der Waals surface area contributed by atoms with Gasteiger partial charge in [-0.15, -0.1) is 0 Å². The van der Waals surface area contributed by atoms with E-state index in [1.54, 1.807) is 25.3 Å². The van der Waals surface area contributed by atoms with Gasteiger partial charge in [0.25, 0.3) is 10.0 Å². The average Bonchev–Trinajstić information content (AvgIpc) is 3.62. The Kier molecular flexibility index (Phi) is 11.3. The van der Waals surface area contributed by atoms with E-state index in [1.165, 1.54) is 48.4 Å². The van der Waals surface area contributed by atoms with Crippen LogP contribution in [0.4, 0.5) is 10.1 Å². The van der Waals surface area contributed by atoms with E-state index in [2.05, 4.69) is 5.32 Å². The summed E-state index contributed by atoms with van der Waals surface area (Å²) in [6, 6.07) is 26.3. The highest BCUT2D eigenvalue weighted by atomic mass is 32.2. The molecular weight excluding hydrogens is 633 g/mol. The third-order valence-electron chi connectivity index (χ3n) is 8.50. The van der Waals surface area contributed by atoms with Crippen molar-refractivity contribution in [2.75, 3.05) is 25.1 Å². The minimum Gasteiger partial charge on any atom is -0.497 e. The maximum absolute atomic E-state index is 14.6. The van der Waals surface area contributed by atoms with Gasteiger partial charge in [0.15, 0.2) is 0 Å². The molecule has 4 aromatic rings. The number of methoxy groups -OCH3 is 2. The average molecular weight is 674 g/mol. The molecule has 0 heterocycles. The fourth-order valence-electron chi connectivity index (χ4n) is 5.90. The van der Waals surface area contributed by atoms with Gasteiger partial charge in [-0.3, -0.25) is 13.9 Å². The Morgan fingerprint density at radius 2 is 1.48 bits per heavy atom. The van der Waals surface area contributed by atoms with Gasteiger partial charge in [-0.25, -0.2) is 12.8 Å². The topological polar surface area (TPSA) is 105 Å². The molecule has 1 N–H and O–H groups in total. The van der Waals surface area contributed by atoms with Crippen molar-refractivity contribution in [2.24, 2.45) is 0 Å². The number of sulfonamides is 1. The van der Waals surface area contributed by atoms with Crippen LogP contribution in [0.15, 0.2) is 108 Å². The number of nitrogens with zero attached hydrogens (tertiary/aromatic N) is 2. The standard InChI is InChI=1S/C37H40FN3O6S/c1-46-32-19-21-34(22-20-32)48(44,45)41(31-17-15-29(38)16-18-31)26-36(42)40(25-28-11-8-14-33(23-28)47-2)35(24-27-9-4-3-5-10-27)37(43)39-30-12-6-7-13-30/h3-5,8-11,14-23,30,35H,6-7,12-13,24-26H2,1-2H3,(H,39,43)/t35-/m0/s1. The van der Waals surface area contributed by atoms with Crippen molar-refractivity contribution < 1.29 is 31.9 Å². The summed E-state index contributed by atoms with van der Waals surface area (Å²) in [6.07, 6.45) is 3.93. The molecule has 9 nitrogen and oxygen atoms in total. The molecule has 1 fully saturated rings. The molecular formula is C37H40FN3O6S. The molecule has 0 unspecified atom stereocenters. The molecule has 11 heteroatoms. The minimum absolute atomic E-state index is 0.00397. The fraction of sp³-hybridized carbons (Fsp3) is 0.297. The van der Waals surface area contributed by atoms with Crippen LogP contribution in [-0.2, 0) is 32.6 Å². The van der Waals surface area contributed by atoms with E-state index in [-0.39, 0.29) is 35.5 Å². The molecule has 252 valence electrons. The van der Waals surface area contributed by atoms with E-state index in [0.717, 1.165) is 47.7 Å². The Hall–Kier alpha value is -4.90. The van der Waals surface area contributed by atoms with Crippen LogP contribution in [0.5, 0.6) is 11.5 Å². The first kappa shape index (κ1) is 34.4. The summed E-state index contributed by atoms with van der Waals surface area (Å²) in [6.45, 7) is -0.641. The van der Waals surface area contributed by atoms with Crippen LogP contribution >= 0.6 is 0 Å². The second kappa shape index (κ2) is 15.8. The predicted octanol–water partition coefficient (Wildman–Crippen LogP) is 5.74. The summed E-state index contributed by atoms with van der Waals surface area (Å²) < 4.78 is 53.9. The summed E-state index contributed by atoms with van der Waals surface area (Å²) in [7, 11) is -1.33. The minimum atomic E-state index is -4.34. The van der Waals surface area contributed by atoms with Gasteiger partial charge in [-0.2, -0.15) is 0 Å². The molecule has 1 aliphatic carbocycles. The quantitative estimate of drug-likeness (QED) is 0.183. The van der Waals surface area contributed by atoms with Crippen LogP contribution in [0.2, 0.25) is 0 Å². The molecule has 0 spiro atoms. The van der Waals surface area contributed by atoms with Crippen molar-refractivity contribution in [1.29, 1.82) is 0 Å². The Bertz CT molecular complexity index is 1780. The summed E-state index contributed by atoms with van der Waals surface area (Å²) in [5.74, 6) is -0.446. The lowest BCUT2D eigenvalue weighted by Crippen LogP contribution is -2.54. The zero-order valence-electron chi connectivity index (χ0n) is 27.0. The number of carbonyl (C=O) groups is 2. The molecule has 1 saturated carbocycles. The smallest absolute Gasteiger partial charge is 0.264 e.